The van der Waals surface area contributed by atoms with Crippen LogP contribution in [0.1, 0.15) is 37.5 Å². The van der Waals surface area contributed by atoms with Gasteiger partial charge >= 0.3 is 0 Å². The first-order valence-corrected chi connectivity index (χ1v) is 10.9. The van der Waals surface area contributed by atoms with Crippen LogP contribution in [0.25, 0.3) is 5.57 Å². The number of benzene rings is 3. The largest absolute Gasteiger partial charge is 0.350 e. The fourth-order valence-electron chi connectivity index (χ4n) is 3.68. The number of nitrogens with zero attached hydrogens (tertiary/aromatic N) is 1. The molecule has 1 aliphatic rings. The number of carbonyl (C=O) groups excluding carboxylic acids is 2. The monoisotopic (exact) mass is 444 g/mol. The van der Waals surface area contributed by atoms with E-state index in [1.54, 1.807) is 6.07 Å². The average Bonchev–Trinajstić information content (AvgIpc) is 3.00. The highest BCUT2D eigenvalue weighted by Gasteiger charge is 2.40. The van der Waals surface area contributed by atoms with E-state index in [1.165, 1.54) is 4.90 Å². The van der Waals surface area contributed by atoms with E-state index in [0.29, 0.717) is 27.5 Å². The molecule has 0 saturated heterocycles. The molecule has 32 heavy (non-hydrogen) atoms. The van der Waals surface area contributed by atoms with Gasteiger partial charge in [0.25, 0.3) is 11.8 Å². The van der Waals surface area contributed by atoms with Crippen LogP contribution in [0.5, 0.6) is 0 Å². The van der Waals surface area contributed by atoms with Crippen molar-refractivity contribution in [1.82, 2.24) is 0 Å². The Morgan fingerprint density at radius 3 is 2.09 bits per heavy atom. The molecule has 0 saturated carbocycles. The summed E-state index contributed by atoms with van der Waals surface area (Å²) in [5.74, 6) is -0.750. The number of halogens is 1. The van der Waals surface area contributed by atoms with Crippen molar-refractivity contribution < 1.29 is 9.59 Å². The molecule has 2 amide bonds. The first-order valence-electron chi connectivity index (χ1n) is 10.5. The molecule has 3 aromatic carbocycles. The maximum Gasteiger partial charge on any atom is 0.282 e. The Kier molecular flexibility index (Phi) is 5.66. The quantitative estimate of drug-likeness (QED) is 0.477. The van der Waals surface area contributed by atoms with Gasteiger partial charge in [0.1, 0.15) is 5.70 Å². The summed E-state index contributed by atoms with van der Waals surface area (Å²) >= 11 is 6.28. The highest BCUT2D eigenvalue weighted by Crippen LogP contribution is 2.35. The molecule has 5 heteroatoms. The van der Waals surface area contributed by atoms with Crippen LogP contribution in [-0.4, -0.2) is 11.8 Å². The van der Waals surface area contributed by atoms with Gasteiger partial charge in [0.05, 0.1) is 11.3 Å². The lowest BCUT2D eigenvalue weighted by molar-refractivity contribution is -0.120. The van der Waals surface area contributed by atoms with E-state index in [2.05, 4.69) is 26.1 Å². The minimum Gasteiger partial charge on any atom is -0.350 e. The van der Waals surface area contributed by atoms with Gasteiger partial charge in [-0.05, 0) is 53.3 Å². The van der Waals surface area contributed by atoms with Gasteiger partial charge in [-0.3, -0.25) is 9.59 Å². The third kappa shape index (κ3) is 4.06. The van der Waals surface area contributed by atoms with E-state index in [1.807, 2.05) is 73.7 Å². The molecular weight excluding hydrogens is 420 g/mol. The molecular formula is C27H25ClN2O2. The van der Waals surface area contributed by atoms with Gasteiger partial charge in [0.15, 0.2) is 0 Å². The molecule has 1 aliphatic heterocycles. The first-order chi connectivity index (χ1) is 15.2. The number of anilines is 2. The van der Waals surface area contributed by atoms with Crippen molar-refractivity contribution in [2.45, 2.75) is 33.1 Å². The molecule has 0 fully saturated rings. The van der Waals surface area contributed by atoms with Crippen LogP contribution in [-0.2, 0) is 15.0 Å². The maximum atomic E-state index is 13.5. The molecule has 0 bridgehead atoms. The lowest BCUT2D eigenvalue weighted by atomic mass is 9.87. The van der Waals surface area contributed by atoms with Crippen LogP contribution in [0, 0.1) is 6.92 Å². The molecule has 4 rings (SSSR count). The highest BCUT2D eigenvalue weighted by molar-refractivity contribution is 6.46. The Balaban J connectivity index is 1.77. The summed E-state index contributed by atoms with van der Waals surface area (Å²) in [6, 6.07) is 22.3. The lowest BCUT2D eigenvalue weighted by Crippen LogP contribution is -2.32. The number of hydrogen-bond acceptors (Lipinski definition) is 3. The van der Waals surface area contributed by atoms with E-state index in [9.17, 15) is 9.59 Å². The fourth-order valence-corrected chi connectivity index (χ4v) is 3.86. The minimum absolute atomic E-state index is 0.0254. The van der Waals surface area contributed by atoms with Crippen molar-refractivity contribution in [3.8, 4) is 0 Å². The van der Waals surface area contributed by atoms with E-state index in [-0.39, 0.29) is 17.0 Å². The summed E-state index contributed by atoms with van der Waals surface area (Å²) in [5, 5.41) is 3.74. The molecule has 0 aromatic heterocycles. The zero-order valence-electron chi connectivity index (χ0n) is 18.6. The van der Waals surface area contributed by atoms with Gasteiger partial charge in [0.2, 0.25) is 0 Å². The highest BCUT2D eigenvalue weighted by atomic mass is 35.5. The zero-order valence-corrected chi connectivity index (χ0v) is 19.3. The molecule has 0 unspecified atom stereocenters. The maximum absolute atomic E-state index is 13.5. The van der Waals surface area contributed by atoms with E-state index >= 15 is 0 Å². The van der Waals surface area contributed by atoms with Crippen LogP contribution in [0.2, 0.25) is 5.02 Å². The SMILES string of the molecule is Cc1ccc(NC2=C(c3ccccc3)C(=O)N(c3ccc(C(C)(C)C)cc3)C2=O)cc1Cl. The second kappa shape index (κ2) is 8.29. The Morgan fingerprint density at radius 1 is 0.844 bits per heavy atom. The summed E-state index contributed by atoms with van der Waals surface area (Å²) in [5.41, 5.74) is 4.49. The Labute approximate surface area is 193 Å². The number of rotatable bonds is 4. The second-order valence-electron chi connectivity index (χ2n) is 8.95. The van der Waals surface area contributed by atoms with E-state index in [0.717, 1.165) is 11.1 Å². The molecule has 0 aliphatic carbocycles. The Bertz CT molecular complexity index is 1220. The molecule has 0 radical (unpaired) electrons. The number of nitrogens with one attached hydrogen (secondary N) is 1. The molecule has 4 nitrogen and oxygen atoms in total. The first kappa shape index (κ1) is 21.8. The van der Waals surface area contributed by atoms with E-state index in [4.69, 9.17) is 11.6 Å². The zero-order chi connectivity index (χ0) is 23.0. The van der Waals surface area contributed by atoms with Crippen LogP contribution < -0.4 is 10.2 Å². The number of hydrogen-bond donors (Lipinski definition) is 1. The minimum atomic E-state index is -0.394. The van der Waals surface area contributed by atoms with Gasteiger partial charge in [-0.15, -0.1) is 0 Å². The Morgan fingerprint density at radius 2 is 1.50 bits per heavy atom. The predicted octanol–water partition coefficient (Wildman–Crippen LogP) is 6.34. The van der Waals surface area contributed by atoms with Gasteiger partial charge in [-0.1, -0.05) is 80.9 Å². The van der Waals surface area contributed by atoms with Crippen molar-refractivity contribution >= 4 is 40.4 Å². The summed E-state index contributed by atoms with van der Waals surface area (Å²) in [4.78, 5) is 28.2. The van der Waals surface area contributed by atoms with Crippen LogP contribution in [0.15, 0.2) is 78.5 Å². The fraction of sp³-hybridized carbons (Fsp3) is 0.185. The van der Waals surface area contributed by atoms with Crippen LogP contribution >= 0.6 is 11.6 Å². The normalized spacial score (nSPS) is 14.3. The van der Waals surface area contributed by atoms with Gasteiger partial charge < -0.3 is 5.32 Å². The van der Waals surface area contributed by atoms with Crippen LogP contribution in [0.4, 0.5) is 11.4 Å². The van der Waals surface area contributed by atoms with Crippen molar-refractivity contribution in [3.63, 3.8) is 0 Å². The molecule has 0 spiro atoms. The second-order valence-corrected chi connectivity index (χ2v) is 9.35. The summed E-state index contributed by atoms with van der Waals surface area (Å²) in [6.07, 6.45) is 0. The smallest absolute Gasteiger partial charge is 0.282 e. The summed E-state index contributed by atoms with van der Waals surface area (Å²) in [6.45, 7) is 8.28. The van der Waals surface area contributed by atoms with Gasteiger partial charge in [0, 0.05) is 10.7 Å². The third-order valence-electron chi connectivity index (χ3n) is 5.58. The summed E-state index contributed by atoms with van der Waals surface area (Å²) in [7, 11) is 0. The summed E-state index contributed by atoms with van der Waals surface area (Å²) < 4.78 is 0. The van der Waals surface area contributed by atoms with Crippen LogP contribution in [0.3, 0.4) is 0 Å². The van der Waals surface area contributed by atoms with Crippen molar-refractivity contribution in [1.29, 1.82) is 0 Å². The molecule has 3 aromatic rings. The number of aryl methyl sites for hydroxylation is 1. The van der Waals surface area contributed by atoms with Crippen molar-refractivity contribution in [2.24, 2.45) is 0 Å². The molecule has 1 N–H and O–H groups in total. The number of amides is 2. The van der Waals surface area contributed by atoms with Gasteiger partial charge in [-0.2, -0.15) is 0 Å². The lowest BCUT2D eigenvalue weighted by Gasteiger charge is -2.21. The topological polar surface area (TPSA) is 49.4 Å². The third-order valence-corrected chi connectivity index (χ3v) is 5.99. The Hall–Kier alpha value is -3.37. The number of imide groups is 1. The standard InChI is InChI=1S/C27H25ClN2O2/c1-17-10-13-20(16-22(17)28)29-24-23(18-8-6-5-7-9-18)25(31)30(26(24)32)21-14-11-19(12-15-21)27(2,3)4/h5-16,29H,1-4H3. The van der Waals surface area contributed by atoms with Gasteiger partial charge in [-0.25, -0.2) is 4.90 Å². The van der Waals surface area contributed by atoms with Crippen molar-refractivity contribution in [2.75, 3.05) is 10.2 Å². The van der Waals surface area contributed by atoms with E-state index < -0.39 is 5.91 Å². The molecule has 1 heterocycles. The number of carbonyl (C=O) groups is 2. The van der Waals surface area contributed by atoms with Crippen molar-refractivity contribution in [3.05, 3.63) is 100 Å². The average molecular weight is 445 g/mol. The predicted molar refractivity (Wildman–Crippen MR) is 131 cm³/mol. The molecule has 0 atom stereocenters. The molecule has 162 valence electrons.